The van der Waals surface area contributed by atoms with Crippen LogP contribution < -0.4 is 5.73 Å². The predicted octanol–water partition coefficient (Wildman–Crippen LogP) is 2.41. The molecule has 6 heteroatoms. The van der Waals surface area contributed by atoms with Crippen molar-refractivity contribution in [1.82, 2.24) is 4.90 Å². The van der Waals surface area contributed by atoms with Crippen molar-refractivity contribution in [2.75, 3.05) is 19.6 Å². The lowest BCUT2D eigenvalue weighted by molar-refractivity contribution is -0.162. The zero-order chi connectivity index (χ0) is 14.3. The van der Waals surface area contributed by atoms with Gasteiger partial charge in [0, 0.05) is 13.0 Å². The van der Waals surface area contributed by atoms with E-state index in [-0.39, 0.29) is 24.8 Å². The Morgan fingerprint density at radius 1 is 1.28 bits per heavy atom. The van der Waals surface area contributed by atoms with E-state index in [0.717, 1.165) is 4.90 Å². The quantitative estimate of drug-likeness (QED) is 0.770. The lowest BCUT2D eigenvalue weighted by Crippen LogP contribution is -2.41. The molecule has 0 heterocycles. The van der Waals surface area contributed by atoms with Gasteiger partial charge >= 0.3 is 6.18 Å². The molecule has 0 aromatic rings. The second-order valence-corrected chi connectivity index (χ2v) is 5.16. The van der Waals surface area contributed by atoms with Crippen LogP contribution in [0.5, 0.6) is 0 Å². The smallest absolute Gasteiger partial charge is 0.333 e. The minimum atomic E-state index is -4.34. The first-order chi connectivity index (χ1) is 8.15. The molecule has 0 spiro atoms. The third-order valence-electron chi connectivity index (χ3n) is 2.56. The summed E-state index contributed by atoms with van der Waals surface area (Å²) < 4.78 is 37.1. The van der Waals surface area contributed by atoms with Gasteiger partial charge in [-0.2, -0.15) is 13.2 Å². The van der Waals surface area contributed by atoms with Gasteiger partial charge in [-0.1, -0.05) is 20.8 Å². The van der Waals surface area contributed by atoms with E-state index < -0.39 is 18.6 Å². The SMILES string of the molecule is CC(C)CN(CC(F)(F)F)C(=O)CCC(C)CN. The highest BCUT2D eigenvalue weighted by atomic mass is 19.4. The number of carbonyl (C=O) groups is 1. The molecule has 0 bridgehead atoms. The van der Waals surface area contributed by atoms with E-state index >= 15 is 0 Å². The van der Waals surface area contributed by atoms with Crippen LogP contribution in [-0.4, -0.2) is 36.6 Å². The van der Waals surface area contributed by atoms with E-state index in [1.54, 1.807) is 13.8 Å². The summed E-state index contributed by atoms with van der Waals surface area (Å²) in [5, 5.41) is 0. The fourth-order valence-electron chi connectivity index (χ4n) is 1.56. The van der Waals surface area contributed by atoms with Crippen molar-refractivity contribution in [3.8, 4) is 0 Å². The van der Waals surface area contributed by atoms with E-state index in [2.05, 4.69) is 0 Å². The predicted molar refractivity (Wildman–Crippen MR) is 64.9 cm³/mol. The highest BCUT2D eigenvalue weighted by Crippen LogP contribution is 2.18. The first kappa shape index (κ1) is 17.2. The largest absolute Gasteiger partial charge is 0.406 e. The highest BCUT2D eigenvalue weighted by Gasteiger charge is 2.33. The van der Waals surface area contributed by atoms with Gasteiger partial charge in [-0.3, -0.25) is 4.79 Å². The molecule has 0 saturated heterocycles. The van der Waals surface area contributed by atoms with Crippen LogP contribution in [0.3, 0.4) is 0 Å². The molecule has 0 saturated carbocycles. The molecule has 0 aliphatic carbocycles. The first-order valence-corrected chi connectivity index (χ1v) is 6.20. The van der Waals surface area contributed by atoms with Gasteiger partial charge in [-0.25, -0.2) is 0 Å². The number of nitrogens with two attached hydrogens (primary N) is 1. The molecule has 108 valence electrons. The van der Waals surface area contributed by atoms with Gasteiger partial charge < -0.3 is 10.6 Å². The summed E-state index contributed by atoms with van der Waals surface area (Å²) in [5.41, 5.74) is 5.41. The van der Waals surface area contributed by atoms with Crippen molar-refractivity contribution in [2.24, 2.45) is 17.6 Å². The van der Waals surface area contributed by atoms with Crippen molar-refractivity contribution in [3.05, 3.63) is 0 Å². The van der Waals surface area contributed by atoms with Gasteiger partial charge in [-0.05, 0) is 24.8 Å². The summed E-state index contributed by atoms with van der Waals surface area (Å²) in [7, 11) is 0. The molecule has 0 aromatic carbocycles. The molecule has 0 aliphatic heterocycles. The average Bonchev–Trinajstić information content (AvgIpc) is 2.21. The van der Waals surface area contributed by atoms with Crippen molar-refractivity contribution >= 4 is 5.91 Å². The Bertz CT molecular complexity index is 254. The van der Waals surface area contributed by atoms with Crippen LogP contribution in [0, 0.1) is 11.8 Å². The van der Waals surface area contributed by atoms with E-state index in [9.17, 15) is 18.0 Å². The summed E-state index contributed by atoms with van der Waals surface area (Å²) in [4.78, 5) is 12.7. The molecular weight excluding hydrogens is 245 g/mol. The molecule has 0 aromatic heterocycles. The van der Waals surface area contributed by atoms with E-state index in [1.807, 2.05) is 6.92 Å². The Morgan fingerprint density at radius 3 is 2.22 bits per heavy atom. The van der Waals surface area contributed by atoms with Crippen LogP contribution >= 0.6 is 0 Å². The monoisotopic (exact) mass is 268 g/mol. The summed E-state index contributed by atoms with van der Waals surface area (Å²) >= 11 is 0. The first-order valence-electron chi connectivity index (χ1n) is 6.20. The summed E-state index contributed by atoms with van der Waals surface area (Å²) in [6, 6.07) is 0. The maximum absolute atomic E-state index is 12.4. The number of hydrogen-bond acceptors (Lipinski definition) is 2. The second kappa shape index (κ2) is 7.61. The van der Waals surface area contributed by atoms with Crippen LogP contribution in [0.4, 0.5) is 13.2 Å². The molecule has 1 unspecified atom stereocenters. The molecule has 0 radical (unpaired) electrons. The Labute approximate surface area is 107 Å². The Balaban J connectivity index is 4.40. The van der Waals surface area contributed by atoms with Crippen LogP contribution in [-0.2, 0) is 4.79 Å². The number of nitrogens with zero attached hydrogens (tertiary/aromatic N) is 1. The molecular formula is C12H23F3N2O. The van der Waals surface area contributed by atoms with Crippen LogP contribution in [0.2, 0.25) is 0 Å². The fourth-order valence-corrected chi connectivity index (χ4v) is 1.56. The van der Waals surface area contributed by atoms with Crippen molar-refractivity contribution in [1.29, 1.82) is 0 Å². The number of hydrogen-bond donors (Lipinski definition) is 1. The second-order valence-electron chi connectivity index (χ2n) is 5.16. The molecule has 0 aliphatic rings. The van der Waals surface area contributed by atoms with E-state index in [4.69, 9.17) is 5.73 Å². The molecule has 1 amide bonds. The van der Waals surface area contributed by atoms with Gasteiger partial charge in [-0.15, -0.1) is 0 Å². The molecule has 3 nitrogen and oxygen atoms in total. The zero-order valence-electron chi connectivity index (χ0n) is 11.3. The highest BCUT2D eigenvalue weighted by molar-refractivity contribution is 5.76. The van der Waals surface area contributed by atoms with Crippen molar-refractivity contribution in [3.63, 3.8) is 0 Å². The Kier molecular flexibility index (Phi) is 7.28. The number of amides is 1. The topological polar surface area (TPSA) is 46.3 Å². The van der Waals surface area contributed by atoms with E-state index in [0.29, 0.717) is 13.0 Å². The summed E-state index contributed by atoms with van der Waals surface area (Å²) in [5.74, 6) is -0.273. The maximum atomic E-state index is 12.4. The van der Waals surface area contributed by atoms with Gasteiger partial charge in [0.05, 0.1) is 0 Å². The maximum Gasteiger partial charge on any atom is 0.406 e. The van der Waals surface area contributed by atoms with Crippen LogP contribution in [0.15, 0.2) is 0 Å². The molecule has 1 atom stereocenters. The Morgan fingerprint density at radius 2 is 1.83 bits per heavy atom. The lowest BCUT2D eigenvalue weighted by atomic mass is 10.1. The van der Waals surface area contributed by atoms with Gasteiger partial charge in [0.15, 0.2) is 0 Å². The van der Waals surface area contributed by atoms with E-state index in [1.165, 1.54) is 0 Å². The lowest BCUT2D eigenvalue weighted by Gasteiger charge is -2.26. The van der Waals surface area contributed by atoms with Gasteiger partial charge in [0.2, 0.25) is 5.91 Å². The van der Waals surface area contributed by atoms with Crippen molar-refractivity contribution in [2.45, 2.75) is 39.8 Å². The third kappa shape index (κ3) is 8.33. The van der Waals surface area contributed by atoms with Crippen LogP contribution in [0.25, 0.3) is 0 Å². The third-order valence-corrected chi connectivity index (χ3v) is 2.56. The fraction of sp³-hybridized carbons (Fsp3) is 0.917. The Hall–Kier alpha value is -0.780. The number of rotatable bonds is 7. The zero-order valence-corrected chi connectivity index (χ0v) is 11.3. The standard InChI is InChI=1S/C12H23F3N2O/c1-9(2)7-17(8-12(13,14)15)11(18)5-4-10(3)6-16/h9-10H,4-8,16H2,1-3H3. The minimum absolute atomic E-state index is 0.0169. The minimum Gasteiger partial charge on any atom is -0.333 e. The summed E-state index contributed by atoms with van der Waals surface area (Å²) in [6.45, 7) is 4.87. The average molecular weight is 268 g/mol. The number of alkyl halides is 3. The number of carbonyl (C=O) groups excluding carboxylic acids is 1. The van der Waals surface area contributed by atoms with Crippen molar-refractivity contribution < 1.29 is 18.0 Å². The van der Waals surface area contributed by atoms with Crippen LogP contribution in [0.1, 0.15) is 33.6 Å². The molecule has 2 N–H and O–H groups in total. The molecule has 0 fully saturated rings. The van der Waals surface area contributed by atoms with Gasteiger partial charge in [0.25, 0.3) is 0 Å². The summed E-state index contributed by atoms with van der Waals surface area (Å²) in [6.07, 6.45) is -3.69. The molecule has 18 heavy (non-hydrogen) atoms. The normalized spacial score (nSPS) is 13.8. The number of halogens is 3. The molecule has 0 rings (SSSR count). The van der Waals surface area contributed by atoms with Gasteiger partial charge in [0.1, 0.15) is 6.54 Å².